The van der Waals surface area contributed by atoms with Crippen LogP contribution in [0.25, 0.3) is 0 Å². The third-order valence-corrected chi connectivity index (χ3v) is 12.2. The molecule has 5 atom stereocenters. The van der Waals surface area contributed by atoms with Gasteiger partial charge in [0, 0.05) is 40.3 Å². The number of ether oxygens (including phenoxy) is 1. The second kappa shape index (κ2) is 14.0. The Morgan fingerprint density at radius 2 is 1.77 bits per heavy atom. The SMILES string of the molecule is C[C@H](O)C(=O)Nc1ccc(CN2C(=O)[C@@]3(O[C@@H](CC(=O)N(CCO)Cc4ccccc4)[C@H]([Si](C)(C)O)[C@H]3C)c3cc(Br)ccc32)cc1. The minimum Gasteiger partial charge on any atom is -0.432 e. The van der Waals surface area contributed by atoms with Crippen LogP contribution in [0, 0.1) is 5.92 Å². The molecule has 47 heavy (non-hydrogen) atoms. The number of rotatable bonds is 11. The Morgan fingerprint density at radius 1 is 1.09 bits per heavy atom. The number of halogens is 1. The van der Waals surface area contributed by atoms with Gasteiger partial charge in [0.05, 0.1) is 31.4 Å². The predicted molar refractivity (Wildman–Crippen MR) is 185 cm³/mol. The normalized spacial score (nSPS) is 22.8. The van der Waals surface area contributed by atoms with Gasteiger partial charge >= 0.3 is 0 Å². The zero-order chi connectivity index (χ0) is 34.1. The summed E-state index contributed by atoms with van der Waals surface area (Å²) in [7, 11) is -3.01. The first-order chi connectivity index (χ1) is 22.3. The standard InChI is InChI=1S/C35H42BrN3O7Si/c1-22-32(47(3,4)45)30(19-31(42)38(16-17-40)20-24-8-6-5-7-9-24)46-35(22)28-18-26(36)12-15-29(28)39(34(35)44)21-25-10-13-27(14-11-25)37-33(43)23(2)41/h5-15,18,22-23,30,32,40-41,45H,16-17,19-21H2,1-4H3,(H,37,43)/t22-,23+,30+,32-,35+/m1/s1. The average Bonchev–Trinajstić information content (AvgIpc) is 3.44. The molecular formula is C35H42BrN3O7Si. The molecule has 3 amide bonds. The molecule has 0 saturated carbocycles. The summed E-state index contributed by atoms with van der Waals surface area (Å²) >= 11 is 3.57. The quantitative estimate of drug-likeness (QED) is 0.213. The number of amides is 3. The molecule has 2 aliphatic rings. The Hall–Kier alpha value is -3.39. The van der Waals surface area contributed by atoms with Crippen molar-refractivity contribution < 1.29 is 34.1 Å². The van der Waals surface area contributed by atoms with Crippen LogP contribution in [0.4, 0.5) is 11.4 Å². The first-order valence-corrected chi connectivity index (χ1v) is 19.6. The molecule has 250 valence electrons. The molecule has 3 aromatic rings. The number of hydrogen-bond donors (Lipinski definition) is 4. The number of benzene rings is 3. The molecule has 0 bridgehead atoms. The Kier molecular flexibility index (Phi) is 10.4. The van der Waals surface area contributed by atoms with Gasteiger partial charge in [0.15, 0.2) is 13.9 Å². The van der Waals surface area contributed by atoms with Gasteiger partial charge in [-0.3, -0.25) is 14.4 Å². The molecule has 3 aromatic carbocycles. The van der Waals surface area contributed by atoms with Gasteiger partial charge in [-0.05, 0) is 61.5 Å². The summed E-state index contributed by atoms with van der Waals surface area (Å²) < 4.78 is 7.61. The van der Waals surface area contributed by atoms with E-state index in [-0.39, 0.29) is 37.9 Å². The third kappa shape index (κ3) is 7.08. The van der Waals surface area contributed by atoms with Gasteiger partial charge in [0.25, 0.3) is 11.8 Å². The molecule has 0 aromatic heterocycles. The van der Waals surface area contributed by atoms with Crippen LogP contribution in [0.15, 0.2) is 77.3 Å². The van der Waals surface area contributed by atoms with E-state index < -0.39 is 43.5 Å². The smallest absolute Gasteiger partial charge is 0.264 e. The van der Waals surface area contributed by atoms with Crippen molar-refractivity contribution in [1.29, 1.82) is 0 Å². The number of anilines is 2. The number of carbonyl (C=O) groups excluding carboxylic acids is 3. The van der Waals surface area contributed by atoms with Gasteiger partial charge in [-0.2, -0.15) is 0 Å². The summed E-state index contributed by atoms with van der Waals surface area (Å²) in [6.07, 6.45) is -1.92. The number of aliphatic hydroxyl groups is 2. The largest absolute Gasteiger partial charge is 0.432 e. The third-order valence-electron chi connectivity index (χ3n) is 9.20. The fraction of sp³-hybridized carbons (Fsp3) is 0.400. The van der Waals surface area contributed by atoms with Crippen molar-refractivity contribution >= 4 is 53.3 Å². The average molecular weight is 725 g/mol. The van der Waals surface area contributed by atoms with Crippen molar-refractivity contribution in [1.82, 2.24) is 4.90 Å². The Bertz CT molecular complexity index is 1620. The number of nitrogens with one attached hydrogen (secondary N) is 1. The lowest BCUT2D eigenvalue weighted by atomic mass is 9.82. The van der Waals surface area contributed by atoms with Crippen LogP contribution in [0.2, 0.25) is 18.6 Å². The van der Waals surface area contributed by atoms with E-state index in [4.69, 9.17) is 4.74 Å². The highest BCUT2D eigenvalue weighted by molar-refractivity contribution is 9.10. The summed E-state index contributed by atoms with van der Waals surface area (Å²) in [5.41, 5.74) is 1.77. The second-order valence-corrected chi connectivity index (χ2v) is 17.9. The highest BCUT2D eigenvalue weighted by Crippen LogP contribution is 2.60. The maximum Gasteiger partial charge on any atom is 0.264 e. The van der Waals surface area contributed by atoms with E-state index in [2.05, 4.69) is 21.2 Å². The monoisotopic (exact) mass is 723 g/mol. The maximum atomic E-state index is 14.7. The molecule has 10 nitrogen and oxygen atoms in total. The van der Waals surface area contributed by atoms with Crippen LogP contribution in [-0.4, -0.2) is 71.3 Å². The van der Waals surface area contributed by atoms with Crippen molar-refractivity contribution in [3.8, 4) is 0 Å². The highest BCUT2D eigenvalue weighted by Gasteiger charge is 2.66. The molecule has 1 spiro atoms. The Labute approximate surface area is 284 Å². The van der Waals surface area contributed by atoms with E-state index in [1.54, 1.807) is 21.9 Å². The van der Waals surface area contributed by atoms with E-state index >= 15 is 0 Å². The Balaban J connectivity index is 1.46. The van der Waals surface area contributed by atoms with Crippen LogP contribution < -0.4 is 10.2 Å². The van der Waals surface area contributed by atoms with Crippen molar-refractivity contribution in [3.63, 3.8) is 0 Å². The Morgan fingerprint density at radius 3 is 2.38 bits per heavy atom. The zero-order valence-electron chi connectivity index (χ0n) is 27.0. The minimum absolute atomic E-state index is 0.0448. The molecule has 0 radical (unpaired) electrons. The van der Waals surface area contributed by atoms with E-state index in [0.717, 1.165) is 15.6 Å². The minimum atomic E-state index is -3.01. The first-order valence-electron chi connectivity index (χ1n) is 15.8. The van der Waals surface area contributed by atoms with Crippen LogP contribution in [-0.2, 0) is 37.8 Å². The van der Waals surface area contributed by atoms with E-state index in [1.165, 1.54) is 6.92 Å². The first kappa shape index (κ1) is 34.9. The van der Waals surface area contributed by atoms with E-state index in [0.29, 0.717) is 23.5 Å². The molecule has 1 saturated heterocycles. The van der Waals surface area contributed by atoms with Gasteiger partial charge in [0.2, 0.25) is 5.91 Å². The molecular weight excluding hydrogens is 682 g/mol. The van der Waals surface area contributed by atoms with E-state index in [1.807, 2.05) is 80.7 Å². The fourth-order valence-electron chi connectivity index (χ4n) is 7.05. The lowest BCUT2D eigenvalue weighted by molar-refractivity contribution is -0.150. The van der Waals surface area contributed by atoms with Gasteiger partial charge < -0.3 is 34.9 Å². The van der Waals surface area contributed by atoms with Gasteiger partial charge in [0.1, 0.15) is 6.10 Å². The zero-order valence-corrected chi connectivity index (χ0v) is 29.6. The number of hydrogen-bond acceptors (Lipinski definition) is 7. The number of carbonyl (C=O) groups is 3. The van der Waals surface area contributed by atoms with Crippen LogP contribution in [0.3, 0.4) is 0 Å². The number of fused-ring (bicyclic) bond motifs is 2. The van der Waals surface area contributed by atoms with Gasteiger partial charge in [-0.25, -0.2) is 0 Å². The summed E-state index contributed by atoms with van der Waals surface area (Å²) in [5, 5.41) is 21.9. The van der Waals surface area contributed by atoms with E-state index in [9.17, 15) is 29.4 Å². The molecule has 4 N–H and O–H groups in total. The number of aliphatic hydroxyl groups excluding tert-OH is 2. The maximum absolute atomic E-state index is 14.7. The van der Waals surface area contributed by atoms with Crippen LogP contribution in [0.1, 0.15) is 37.0 Å². The molecule has 0 aliphatic carbocycles. The topological polar surface area (TPSA) is 140 Å². The predicted octanol–water partition coefficient (Wildman–Crippen LogP) is 4.52. The lowest BCUT2D eigenvalue weighted by Gasteiger charge is -2.32. The molecule has 2 aliphatic heterocycles. The highest BCUT2D eigenvalue weighted by atomic mass is 79.9. The van der Waals surface area contributed by atoms with Crippen LogP contribution >= 0.6 is 15.9 Å². The molecule has 0 unspecified atom stereocenters. The van der Waals surface area contributed by atoms with Crippen molar-refractivity contribution in [2.75, 3.05) is 23.4 Å². The van der Waals surface area contributed by atoms with Gasteiger partial charge in [-0.15, -0.1) is 0 Å². The summed E-state index contributed by atoms with van der Waals surface area (Å²) in [6.45, 7) is 7.46. The second-order valence-electron chi connectivity index (χ2n) is 13.0. The van der Waals surface area contributed by atoms with Gasteiger partial charge in [-0.1, -0.05) is 65.3 Å². The molecule has 12 heteroatoms. The molecule has 2 heterocycles. The summed E-state index contributed by atoms with van der Waals surface area (Å²) in [4.78, 5) is 55.3. The molecule has 1 fully saturated rings. The van der Waals surface area contributed by atoms with Crippen molar-refractivity contribution in [2.24, 2.45) is 5.92 Å². The van der Waals surface area contributed by atoms with Crippen LogP contribution in [0.5, 0.6) is 0 Å². The lowest BCUT2D eigenvalue weighted by Crippen LogP contribution is -2.46. The fourth-order valence-corrected chi connectivity index (χ4v) is 9.96. The van der Waals surface area contributed by atoms with Crippen molar-refractivity contribution in [2.45, 2.75) is 69.8 Å². The molecule has 5 rings (SSSR count). The number of nitrogens with zero attached hydrogens (tertiary/aromatic N) is 2. The summed E-state index contributed by atoms with van der Waals surface area (Å²) in [5.74, 6) is -1.45. The van der Waals surface area contributed by atoms with Crippen molar-refractivity contribution in [3.05, 3.63) is 94.0 Å². The summed E-state index contributed by atoms with van der Waals surface area (Å²) in [6, 6.07) is 22.2.